The SMILES string of the molecule is CC(=O)C1=NN(c2ccccc2)C2(C=CC(c3ccc(Br)cc3)=NN2c2ccccc2)S1. The second kappa shape index (κ2) is 8.41. The van der Waals surface area contributed by atoms with Crippen LogP contribution < -0.4 is 10.0 Å². The highest BCUT2D eigenvalue weighted by atomic mass is 79.9. The molecule has 2 aliphatic rings. The molecule has 0 aliphatic carbocycles. The third-order valence-corrected chi connectivity index (χ3v) is 7.03. The summed E-state index contributed by atoms with van der Waals surface area (Å²) in [6.07, 6.45) is 4.08. The van der Waals surface area contributed by atoms with E-state index in [4.69, 9.17) is 10.2 Å². The van der Waals surface area contributed by atoms with E-state index in [1.165, 1.54) is 11.8 Å². The average Bonchev–Trinajstić information content (AvgIpc) is 3.21. The minimum Gasteiger partial charge on any atom is -0.292 e. The molecule has 0 saturated heterocycles. The molecule has 0 radical (unpaired) electrons. The summed E-state index contributed by atoms with van der Waals surface area (Å²) in [4.78, 5) is 11.5. The fraction of sp³-hybridized carbons (Fsp3) is 0.0800. The van der Waals surface area contributed by atoms with Crippen molar-refractivity contribution in [1.29, 1.82) is 0 Å². The second-order valence-electron chi connectivity index (χ2n) is 7.34. The fourth-order valence-corrected chi connectivity index (χ4v) is 5.03. The number of allylic oxidation sites excluding steroid dienone is 1. The van der Waals surface area contributed by atoms with Crippen LogP contribution in [0.3, 0.4) is 0 Å². The summed E-state index contributed by atoms with van der Waals surface area (Å²) in [7, 11) is 0. The Bertz CT molecular complexity index is 1240. The van der Waals surface area contributed by atoms with Crippen LogP contribution in [0.25, 0.3) is 0 Å². The van der Waals surface area contributed by atoms with Crippen LogP contribution in [0.15, 0.2) is 112 Å². The van der Waals surface area contributed by atoms with Gasteiger partial charge in [0.1, 0.15) is 0 Å². The number of hydrazone groups is 2. The lowest BCUT2D eigenvalue weighted by molar-refractivity contribution is -0.110. The van der Waals surface area contributed by atoms with E-state index in [2.05, 4.69) is 22.0 Å². The van der Waals surface area contributed by atoms with Crippen LogP contribution in [-0.2, 0) is 4.79 Å². The van der Waals surface area contributed by atoms with Gasteiger partial charge in [-0.25, -0.2) is 10.0 Å². The predicted octanol–water partition coefficient (Wildman–Crippen LogP) is 6.04. The van der Waals surface area contributed by atoms with Gasteiger partial charge in [-0.05, 0) is 60.3 Å². The molecule has 3 aromatic rings. The molecule has 0 amide bonds. The number of benzene rings is 3. The highest BCUT2D eigenvalue weighted by molar-refractivity contribution is 9.10. The molecule has 32 heavy (non-hydrogen) atoms. The number of hydrogen-bond acceptors (Lipinski definition) is 6. The number of nitrogens with zero attached hydrogens (tertiary/aromatic N) is 4. The maximum absolute atomic E-state index is 12.3. The molecule has 0 fully saturated rings. The van der Waals surface area contributed by atoms with Crippen LogP contribution in [0.2, 0.25) is 0 Å². The Morgan fingerprint density at radius 3 is 1.97 bits per heavy atom. The maximum atomic E-state index is 12.3. The summed E-state index contributed by atoms with van der Waals surface area (Å²) in [6.45, 7) is 1.55. The molecule has 0 saturated carbocycles. The van der Waals surface area contributed by atoms with Crippen molar-refractivity contribution in [3.8, 4) is 0 Å². The number of ketones is 1. The van der Waals surface area contributed by atoms with Gasteiger partial charge in [-0.15, -0.1) is 0 Å². The van der Waals surface area contributed by atoms with E-state index in [9.17, 15) is 4.79 Å². The summed E-state index contributed by atoms with van der Waals surface area (Å²) in [5, 5.41) is 14.0. The van der Waals surface area contributed by atoms with Gasteiger partial charge in [0.2, 0.25) is 4.99 Å². The first-order chi connectivity index (χ1) is 15.6. The number of carbonyl (C=O) groups is 1. The van der Waals surface area contributed by atoms with E-state index in [-0.39, 0.29) is 5.78 Å². The molecule has 3 aromatic carbocycles. The summed E-state index contributed by atoms with van der Waals surface area (Å²) >= 11 is 4.89. The quantitative estimate of drug-likeness (QED) is 0.436. The molecule has 1 spiro atoms. The number of anilines is 2. The van der Waals surface area contributed by atoms with E-state index in [1.807, 2.05) is 101 Å². The molecule has 0 aromatic heterocycles. The van der Waals surface area contributed by atoms with Gasteiger partial charge in [0, 0.05) is 17.0 Å². The largest absolute Gasteiger partial charge is 0.292 e. The highest BCUT2D eigenvalue weighted by Crippen LogP contribution is 2.47. The van der Waals surface area contributed by atoms with E-state index >= 15 is 0 Å². The van der Waals surface area contributed by atoms with Gasteiger partial charge in [0.15, 0.2) is 10.8 Å². The minimum atomic E-state index is -0.845. The van der Waals surface area contributed by atoms with E-state index in [1.54, 1.807) is 6.92 Å². The van der Waals surface area contributed by atoms with E-state index < -0.39 is 4.99 Å². The lowest BCUT2D eigenvalue weighted by Gasteiger charge is -2.43. The van der Waals surface area contributed by atoms with Crippen molar-refractivity contribution in [2.75, 3.05) is 10.0 Å². The van der Waals surface area contributed by atoms with Crippen molar-refractivity contribution in [1.82, 2.24) is 0 Å². The molecule has 7 heteroatoms. The zero-order valence-corrected chi connectivity index (χ0v) is 19.6. The van der Waals surface area contributed by atoms with Crippen LogP contribution in [0.1, 0.15) is 12.5 Å². The van der Waals surface area contributed by atoms with Crippen molar-refractivity contribution < 1.29 is 4.79 Å². The number of Topliss-reactive ketones (excluding diaryl/α,β-unsaturated/α-hetero) is 1. The molecule has 5 rings (SSSR count). The Hall–Kier alpha value is -3.16. The van der Waals surface area contributed by atoms with E-state index in [0.29, 0.717) is 5.04 Å². The van der Waals surface area contributed by atoms with Crippen molar-refractivity contribution >= 4 is 55.6 Å². The molecule has 0 N–H and O–H groups in total. The van der Waals surface area contributed by atoms with Gasteiger partial charge in [-0.2, -0.15) is 10.2 Å². The van der Waals surface area contributed by atoms with Gasteiger partial charge in [0.25, 0.3) is 0 Å². The van der Waals surface area contributed by atoms with Gasteiger partial charge >= 0.3 is 0 Å². The maximum Gasteiger partial charge on any atom is 0.227 e. The van der Waals surface area contributed by atoms with Crippen molar-refractivity contribution in [2.45, 2.75) is 11.9 Å². The number of para-hydroxylation sites is 2. The Balaban J connectivity index is 1.67. The summed E-state index contributed by atoms with van der Waals surface area (Å²) < 4.78 is 1.01. The van der Waals surface area contributed by atoms with Crippen LogP contribution in [0.5, 0.6) is 0 Å². The zero-order chi connectivity index (χ0) is 22.1. The third-order valence-electron chi connectivity index (χ3n) is 5.15. The van der Waals surface area contributed by atoms with Crippen LogP contribution >= 0.6 is 27.7 Å². The molecule has 5 nitrogen and oxygen atoms in total. The summed E-state index contributed by atoms with van der Waals surface area (Å²) in [5.41, 5.74) is 3.61. The molecule has 2 heterocycles. The normalized spacial score (nSPS) is 19.8. The highest BCUT2D eigenvalue weighted by Gasteiger charge is 2.50. The van der Waals surface area contributed by atoms with Gasteiger partial charge < -0.3 is 0 Å². The fourth-order valence-electron chi connectivity index (χ4n) is 3.62. The third kappa shape index (κ3) is 3.67. The minimum absolute atomic E-state index is 0.0723. The van der Waals surface area contributed by atoms with Crippen LogP contribution in [0.4, 0.5) is 11.4 Å². The van der Waals surface area contributed by atoms with Crippen molar-refractivity contribution in [3.63, 3.8) is 0 Å². The first kappa shape index (κ1) is 20.7. The Morgan fingerprint density at radius 2 is 1.41 bits per heavy atom. The Kier molecular flexibility index (Phi) is 5.45. The zero-order valence-electron chi connectivity index (χ0n) is 17.2. The van der Waals surface area contributed by atoms with Gasteiger partial charge in [0.05, 0.1) is 17.1 Å². The lowest BCUT2D eigenvalue weighted by atomic mass is 10.1. The molecule has 2 aliphatic heterocycles. The molecular formula is C25H19BrN4OS. The standard InChI is InChI=1S/C25H19BrN4OS/c1-18(31)24-28-30(22-10-6-3-7-11-22)25(32-24)17-16-23(19-12-14-20(26)15-13-19)27-29(25)21-8-4-2-5-9-21/h2-17H,1H3. The lowest BCUT2D eigenvalue weighted by Crippen LogP contribution is -2.53. The summed E-state index contributed by atoms with van der Waals surface area (Å²) in [6, 6.07) is 27.9. The van der Waals surface area contributed by atoms with Crippen LogP contribution in [0, 0.1) is 0 Å². The predicted molar refractivity (Wildman–Crippen MR) is 136 cm³/mol. The van der Waals surface area contributed by atoms with Crippen molar-refractivity contribution in [3.05, 3.63) is 107 Å². The Morgan fingerprint density at radius 1 is 0.844 bits per heavy atom. The number of carbonyl (C=O) groups excluding carboxylic acids is 1. The number of thioether (sulfide) groups is 1. The molecule has 0 bridgehead atoms. The van der Waals surface area contributed by atoms with Gasteiger partial charge in [-0.1, -0.05) is 64.5 Å². The number of halogens is 1. The molecule has 1 unspecified atom stereocenters. The van der Waals surface area contributed by atoms with Crippen LogP contribution in [-0.4, -0.2) is 21.5 Å². The smallest absolute Gasteiger partial charge is 0.227 e. The van der Waals surface area contributed by atoms with Crippen molar-refractivity contribution in [2.24, 2.45) is 10.2 Å². The monoisotopic (exact) mass is 502 g/mol. The molecular weight excluding hydrogens is 484 g/mol. The molecule has 158 valence electrons. The second-order valence-corrected chi connectivity index (χ2v) is 9.45. The molecule has 1 atom stereocenters. The summed E-state index contributed by atoms with van der Waals surface area (Å²) in [5.74, 6) is -0.0723. The average molecular weight is 503 g/mol. The Labute approximate surface area is 199 Å². The topological polar surface area (TPSA) is 48.3 Å². The van der Waals surface area contributed by atoms with Gasteiger partial charge in [-0.3, -0.25) is 4.79 Å². The number of rotatable bonds is 4. The van der Waals surface area contributed by atoms with E-state index in [0.717, 1.165) is 27.1 Å². The first-order valence-corrected chi connectivity index (χ1v) is 11.7. The number of hydrogen-bond donors (Lipinski definition) is 0. The first-order valence-electron chi connectivity index (χ1n) is 10.1.